The fourth-order valence-corrected chi connectivity index (χ4v) is 1.98. The minimum atomic E-state index is -0.854. The van der Waals surface area contributed by atoms with Crippen molar-refractivity contribution in [3.8, 4) is 0 Å². The molecule has 0 saturated carbocycles. The number of hydrogen-bond acceptors (Lipinski definition) is 7. The summed E-state index contributed by atoms with van der Waals surface area (Å²) in [7, 11) is 0. The van der Waals surface area contributed by atoms with Crippen LogP contribution in [0.2, 0.25) is 0 Å². The largest absolute Gasteiger partial charge is 0.317 e. The SMILES string of the molecule is O=C(/C=C/c1cccc([N+](=O)[O-])c1)Nc1ccc([N+](=O)[O-])cc1[N+](=O)[O-]. The van der Waals surface area contributed by atoms with E-state index in [1.54, 1.807) is 0 Å². The maximum Gasteiger partial charge on any atom is 0.299 e. The molecule has 0 fully saturated rings. The molecule has 2 aromatic carbocycles. The lowest BCUT2D eigenvalue weighted by atomic mass is 10.2. The molecule has 132 valence electrons. The molecule has 0 saturated heterocycles. The number of carbonyl (C=O) groups excluding carboxylic acids is 1. The smallest absolute Gasteiger partial charge is 0.299 e. The second-order valence-electron chi connectivity index (χ2n) is 4.89. The van der Waals surface area contributed by atoms with Crippen LogP contribution in [0.3, 0.4) is 0 Å². The van der Waals surface area contributed by atoms with Crippen LogP contribution in [0.25, 0.3) is 6.08 Å². The van der Waals surface area contributed by atoms with Gasteiger partial charge in [0.1, 0.15) is 5.69 Å². The van der Waals surface area contributed by atoms with Gasteiger partial charge in [-0.15, -0.1) is 0 Å². The molecule has 2 rings (SSSR count). The molecule has 2 aromatic rings. The maximum absolute atomic E-state index is 11.9. The van der Waals surface area contributed by atoms with Gasteiger partial charge in [0.05, 0.1) is 20.8 Å². The second kappa shape index (κ2) is 7.61. The van der Waals surface area contributed by atoms with Gasteiger partial charge in [0, 0.05) is 24.3 Å². The third-order valence-electron chi connectivity index (χ3n) is 3.15. The van der Waals surface area contributed by atoms with Crippen molar-refractivity contribution in [3.63, 3.8) is 0 Å². The highest BCUT2D eigenvalue weighted by Crippen LogP contribution is 2.28. The number of benzene rings is 2. The van der Waals surface area contributed by atoms with Gasteiger partial charge in [0.25, 0.3) is 17.1 Å². The van der Waals surface area contributed by atoms with E-state index in [2.05, 4.69) is 5.32 Å². The zero-order valence-electron chi connectivity index (χ0n) is 12.9. The quantitative estimate of drug-likeness (QED) is 0.472. The van der Waals surface area contributed by atoms with Crippen LogP contribution in [0, 0.1) is 30.3 Å². The Hall–Kier alpha value is -4.15. The van der Waals surface area contributed by atoms with Crippen LogP contribution in [0.4, 0.5) is 22.7 Å². The van der Waals surface area contributed by atoms with Crippen LogP contribution in [0.15, 0.2) is 48.5 Å². The molecule has 0 aliphatic carbocycles. The van der Waals surface area contributed by atoms with Crippen molar-refractivity contribution < 1.29 is 19.6 Å². The number of non-ortho nitro benzene ring substituents is 2. The standard InChI is InChI=1S/C15H10N4O7/c20-15(7-4-10-2-1-3-11(8-10)17(21)22)16-13-6-5-12(18(23)24)9-14(13)19(25)26/h1-9H,(H,16,20)/b7-4+. The molecular formula is C15H10N4O7. The first-order valence-electron chi connectivity index (χ1n) is 6.94. The van der Waals surface area contributed by atoms with Crippen molar-refractivity contribution in [3.05, 3.63) is 84.4 Å². The number of nitrogens with zero attached hydrogens (tertiary/aromatic N) is 3. The Morgan fingerprint density at radius 2 is 1.54 bits per heavy atom. The van der Waals surface area contributed by atoms with E-state index in [1.807, 2.05) is 0 Å². The highest BCUT2D eigenvalue weighted by Gasteiger charge is 2.20. The van der Waals surface area contributed by atoms with Gasteiger partial charge in [-0.25, -0.2) is 0 Å². The monoisotopic (exact) mass is 358 g/mol. The molecule has 1 N–H and O–H groups in total. The summed E-state index contributed by atoms with van der Waals surface area (Å²) in [5.41, 5.74) is -1.10. The molecular weight excluding hydrogens is 348 g/mol. The summed E-state index contributed by atoms with van der Waals surface area (Å²) in [6.45, 7) is 0. The van der Waals surface area contributed by atoms with Gasteiger partial charge in [-0.3, -0.25) is 35.1 Å². The number of carbonyl (C=O) groups is 1. The van der Waals surface area contributed by atoms with Crippen LogP contribution in [0.1, 0.15) is 5.56 Å². The Morgan fingerprint density at radius 3 is 2.15 bits per heavy atom. The minimum Gasteiger partial charge on any atom is -0.317 e. The third-order valence-corrected chi connectivity index (χ3v) is 3.15. The van der Waals surface area contributed by atoms with E-state index in [0.717, 1.165) is 24.3 Å². The molecule has 1 amide bonds. The van der Waals surface area contributed by atoms with E-state index in [0.29, 0.717) is 5.56 Å². The summed E-state index contributed by atoms with van der Waals surface area (Å²) in [5.74, 6) is -0.742. The topological polar surface area (TPSA) is 159 Å². The lowest BCUT2D eigenvalue weighted by molar-refractivity contribution is -0.393. The zero-order chi connectivity index (χ0) is 19.3. The van der Waals surface area contributed by atoms with Crippen molar-refractivity contribution in [1.82, 2.24) is 0 Å². The normalized spacial score (nSPS) is 10.5. The van der Waals surface area contributed by atoms with Gasteiger partial charge >= 0.3 is 0 Å². The maximum atomic E-state index is 11.9. The Morgan fingerprint density at radius 1 is 0.885 bits per heavy atom. The second-order valence-corrected chi connectivity index (χ2v) is 4.89. The molecule has 0 unspecified atom stereocenters. The molecule has 0 aliphatic heterocycles. The fraction of sp³-hybridized carbons (Fsp3) is 0. The number of rotatable bonds is 6. The summed E-state index contributed by atoms with van der Waals surface area (Å²) in [4.78, 5) is 42.1. The van der Waals surface area contributed by atoms with Gasteiger partial charge in [-0.05, 0) is 17.7 Å². The summed E-state index contributed by atoms with van der Waals surface area (Å²) in [6, 6.07) is 8.32. The van der Waals surface area contributed by atoms with Crippen LogP contribution in [-0.2, 0) is 4.79 Å². The van der Waals surface area contributed by atoms with Crippen LogP contribution < -0.4 is 5.32 Å². The van der Waals surface area contributed by atoms with Crippen molar-refractivity contribution in [2.24, 2.45) is 0 Å². The number of hydrogen-bond donors (Lipinski definition) is 1. The van der Waals surface area contributed by atoms with Gasteiger partial charge < -0.3 is 5.32 Å². The summed E-state index contributed by atoms with van der Waals surface area (Å²) in [5, 5.41) is 34.6. The Labute approximate surface area is 145 Å². The van der Waals surface area contributed by atoms with Crippen LogP contribution >= 0.6 is 0 Å². The molecule has 11 heteroatoms. The molecule has 0 spiro atoms. The van der Waals surface area contributed by atoms with Crippen molar-refractivity contribution in [2.75, 3.05) is 5.32 Å². The number of nitro groups is 3. The molecule has 0 atom stereocenters. The number of amides is 1. The fourth-order valence-electron chi connectivity index (χ4n) is 1.98. The average molecular weight is 358 g/mol. The highest BCUT2D eigenvalue weighted by molar-refractivity contribution is 6.03. The first-order chi connectivity index (χ1) is 12.3. The molecule has 0 heterocycles. The summed E-state index contributed by atoms with van der Waals surface area (Å²) in [6.07, 6.45) is 2.32. The number of nitrogens with one attached hydrogen (secondary N) is 1. The Bertz CT molecular complexity index is 939. The molecule has 0 aromatic heterocycles. The summed E-state index contributed by atoms with van der Waals surface area (Å²) >= 11 is 0. The van der Waals surface area contributed by atoms with Crippen LogP contribution in [-0.4, -0.2) is 20.7 Å². The lowest BCUT2D eigenvalue weighted by Crippen LogP contribution is -2.09. The zero-order valence-corrected chi connectivity index (χ0v) is 12.9. The molecule has 0 bridgehead atoms. The lowest BCUT2D eigenvalue weighted by Gasteiger charge is -2.03. The molecule has 26 heavy (non-hydrogen) atoms. The predicted molar refractivity (Wildman–Crippen MR) is 90.5 cm³/mol. The van der Waals surface area contributed by atoms with E-state index < -0.39 is 32.1 Å². The molecule has 0 aliphatic rings. The first-order valence-corrected chi connectivity index (χ1v) is 6.94. The van der Waals surface area contributed by atoms with Crippen LogP contribution in [0.5, 0.6) is 0 Å². The summed E-state index contributed by atoms with van der Waals surface area (Å²) < 4.78 is 0. The number of anilines is 1. The first kappa shape index (κ1) is 18.2. The van der Waals surface area contributed by atoms with E-state index >= 15 is 0 Å². The minimum absolute atomic E-state index is 0.154. The predicted octanol–water partition coefficient (Wildman–Crippen LogP) is 3.06. The molecule has 11 nitrogen and oxygen atoms in total. The Kier molecular flexibility index (Phi) is 5.33. The van der Waals surface area contributed by atoms with Crippen molar-refractivity contribution >= 4 is 34.7 Å². The number of nitro benzene ring substituents is 3. The van der Waals surface area contributed by atoms with E-state index in [9.17, 15) is 35.1 Å². The average Bonchev–Trinajstić information content (AvgIpc) is 2.60. The van der Waals surface area contributed by atoms with E-state index in [-0.39, 0.29) is 11.4 Å². The van der Waals surface area contributed by atoms with E-state index in [1.165, 1.54) is 30.3 Å². The third kappa shape index (κ3) is 4.44. The highest BCUT2D eigenvalue weighted by atomic mass is 16.6. The van der Waals surface area contributed by atoms with Crippen molar-refractivity contribution in [1.29, 1.82) is 0 Å². The van der Waals surface area contributed by atoms with Gasteiger partial charge in [0.2, 0.25) is 5.91 Å². The van der Waals surface area contributed by atoms with Crippen molar-refractivity contribution in [2.45, 2.75) is 0 Å². The van der Waals surface area contributed by atoms with Gasteiger partial charge in [-0.1, -0.05) is 12.1 Å². The van der Waals surface area contributed by atoms with Gasteiger partial charge in [0.15, 0.2) is 0 Å². The van der Waals surface area contributed by atoms with E-state index in [4.69, 9.17) is 0 Å². The van der Waals surface area contributed by atoms with Gasteiger partial charge in [-0.2, -0.15) is 0 Å². The Balaban J connectivity index is 2.19. The molecule has 0 radical (unpaired) electrons.